The number of rotatable bonds is 2. The van der Waals surface area contributed by atoms with E-state index in [2.05, 4.69) is 21.5 Å². The van der Waals surface area contributed by atoms with Crippen LogP contribution in [0.4, 0.5) is 0 Å². The molecule has 5 nitrogen and oxygen atoms in total. The lowest BCUT2D eigenvalue weighted by Gasteiger charge is -2.46. The normalized spacial score (nSPS) is 28.8. The van der Waals surface area contributed by atoms with E-state index in [1.807, 2.05) is 17.9 Å². The molecule has 1 aliphatic carbocycles. The lowest BCUT2D eigenvalue weighted by Crippen LogP contribution is -2.49. The molecule has 1 aromatic rings. The second-order valence-electron chi connectivity index (χ2n) is 8.24. The number of amides is 1. The van der Waals surface area contributed by atoms with Crippen LogP contribution in [-0.4, -0.2) is 46.8 Å². The van der Waals surface area contributed by atoms with Crippen molar-refractivity contribution in [2.45, 2.75) is 50.9 Å². The van der Waals surface area contributed by atoms with E-state index in [1.54, 1.807) is 0 Å². The standard InChI is InChI=1S/C19H30N4O.ClH/c1-22-13-15(10-21-22)16-11-20-12-17(16)18(24)23-9-5-8-19(14-23)6-3-2-4-7-19;/h10,13,16-17,20H,2-9,11-12,14H2,1H3;1H/t16-,17+;/m1./s1. The zero-order valence-electron chi connectivity index (χ0n) is 15.2. The number of hydrogen-bond acceptors (Lipinski definition) is 3. The van der Waals surface area contributed by atoms with Crippen molar-refractivity contribution in [3.05, 3.63) is 18.0 Å². The highest BCUT2D eigenvalue weighted by molar-refractivity contribution is 5.85. The van der Waals surface area contributed by atoms with Crippen LogP contribution in [0.1, 0.15) is 56.4 Å². The molecule has 25 heavy (non-hydrogen) atoms. The number of aryl methyl sites for hydroxylation is 1. The zero-order chi connectivity index (χ0) is 16.6. The van der Waals surface area contributed by atoms with E-state index >= 15 is 0 Å². The van der Waals surface area contributed by atoms with Crippen molar-refractivity contribution < 1.29 is 4.79 Å². The van der Waals surface area contributed by atoms with Gasteiger partial charge in [0.25, 0.3) is 0 Å². The van der Waals surface area contributed by atoms with Crippen LogP contribution in [0.5, 0.6) is 0 Å². The third-order valence-electron chi connectivity index (χ3n) is 6.57. The number of nitrogens with one attached hydrogen (secondary N) is 1. The Hall–Kier alpha value is -1.07. The van der Waals surface area contributed by atoms with Crippen LogP contribution in [0.3, 0.4) is 0 Å². The SMILES string of the molecule is Cl.Cn1cc([C@H]2CNC[C@@H]2C(=O)N2CCCC3(CCCCC3)C2)cn1. The number of likely N-dealkylation sites (tertiary alicyclic amines) is 1. The highest BCUT2D eigenvalue weighted by Crippen LogP contribution is 2.44. The molecule has 140 valence electrons. The van der Waals surface area contributed by atoms with Gasteiger partial charge in [0.05, 0.1) is 12.1 Å². The summed E-state index contributed by atoms with van der Waals surface area (Å²) in [6.45, 7) is 3.65. The van der Waals surface area contributed by atoms with Gasteiger partial charge in [-0.05, 0) is 36.7 Å². The predicted molar refractivity (Wildman–Crippen MR) is 101 cm³/mol. The summed E-state index contributed by atoms with van der Waals surface area (Å²) in [5.74, 6) is 0.724. The Bertz CT molecular complexity index is 590. The Kier molecular flexibility index (Phi) is 5.74. The maximum absolute atomic E-state index is 13.3. The Balaban J connectivity index is 0.00000182. The average molecular weight is 367 g/mol. The van der Waals surface area contributed by atoms with Crippen molar-refractivity contribution in [1.82, 2.24) is 20.0 Å². The van der Waals surface area contributed by atoms with Crippen LogP contribution in [-0.2, 0) is 11.8 Å². The van der Waals surface area contributed by atoms with Gasteiger partial charge in [-0.3, -0.25) is 9.48 Å². The first-order chi connectivity index (χ1) is 11.7. The molecule has 0 aromatic carbocycles. The van der Waals surface area contributed by atoms with Crippen LogP contribution in [0.15, 0.2) is 12.4 Å². The average Bonchev–Trinajstić information content (AvgIpc) is 3.23. The van der Waals surface area contributed by atoms with Crippen molar-refractivity contribution in [1.29, 1.82) is 0 Å². The van der Waals surface area contributed by atoms with Gasteiger partial charge in [0.2, 0.25) is 5.91 Å². The largest absolute Gasteiger partial charge is 0.342 e. The Labute approximate surface area is 156 Å². The van der Waals surface area contributed by atoms with Crippen LogP contribution >= 0.6 is 12.4 Å². The molecule has 0 bridgehead atoms. The number of carbonyl (C=O) groups is 1. The smallest absolute Gasteiger partial charge is 0.227 e. The highest BCUT2D eigenvalue weighted by atomic mass is 35.5. The highest BCUT2D eigenvalue weighted by Gasteiger charge is 2.42. The Morgan fingerprint density at radius 2 is 1.96 bits per heavy atom. The molecule has 1 amide bonds. The van der Waals surface area contributed by atoms with Crippen molar-refractivity contribution in [2.75, 3.05) is 26.2 Å². The third-order valence-corrected chi connectivity index (χ3v) is 6.57. The van der Waals surface area contributed by atoms with E-state index in [1.165, 1.54) is 50.5 Å². The summed E-state index contributed by atoms with van der Waals surface area (Å²) >= 11 is 0. The van der Waals surface area contributed by atoms with Crippen LogP contribution in [0.2, 0.25) is 0 Å². The molecule has 2 atom stereocenters. The fourth-order valence-electron chi connectivity index (χ4n) is 5.26. The summed E-state index contributed by atoms with van der Waals surface area (Å²) in [6, 6.07) is 0. The summed E-state index contributed by atoms with van der Waals surface area (Å²) in [6.07, 6.45) is 13.2. The van der Waals surface area contributed by atoms with Gasteiger partial charge in [0.15, 0.2) is 0 Å². The van der Waals surface area contributed by atoms with Gasteiger partial charge in [-0.25, -0.2) is 0 Å². The van der Waals surface area contributed by atoms with E-state index in [4.69, 9.17) is 0 Å². The second-order valence-corrected chi connectivity index (χ2v) is 8.24. The number of hydrogen-bond donors (Lipinski definition) is 1. The van der Waals surface area contributed by atoms with Gasteiger partial charge in [0, 0.05) is 45.3 Å². The van der Waals surface area contributed by atoms with Crippen molar-refractivity contribution in [2.24, 2.45) is 18.4 Å². The molecule has 1 saturated carbocycles. The van der Waals surface area contributed by atoms with Crippen molar-refractivity contribution >= 4 is 18.3 Å². The number of carbonyl (C=O) groups excluding carboxylic acids is 1. The minimum atomic E-state index is 0. The van der Waals surface area contributed by atoms with E-state index in [-0.39, 0.29) is 24.2 Å². The van der Waals surface area contributed by atoms with Crippen molar-refractivity contribution in [3.63, 3.8) is 0 Å². The molecule has 2 aliphatic heterocycles. The van der Waals surface area contributed by atoms with Gasteiger partial charge in [-0.2, -0.15) is 5.10 Å². The van der Waals surface area contributed by atoms with Gasteiger partial charge in [0.1, 0.15) is 0 Å². The van der Waals surface area contributed by atoms with Crippen LogP contribution < -0.4 is 5.32 Å². The molecule has 3 fully saturated rings. The zero-order valence-corrected chi connectivity index (χ0v) is 16.1. The summed E-state index contributed by atoms with van der Waals surface area (Å²) in [4.78, 5) is 15.5. The van der Waals surface area contributed by atoms with Crippen molar-refractivity contribution in [3.8, 4) is 0 Å². The lowest BCUT2D eigenvalue weighted by molar-refractivity contribution is -0.139. The fraction of sp³-hybridized carbons (Fsp3) is 0.789. The monoisotopic (exact) mass is 366 g/mol. The predicted octanol–water partition coefficient (Wildman–Crippen LogP) is 2.72. The third kappa shape index (κ3) is 3.72. The first-order valence-electron chi connectivity index (χ1n) is 9.65. The van der Waals surface area contributed by atoms with Gasteiger partial charge in [-0.15, -0.1) is 12.4 Å². The molecule has 1 spiro atoms. The summed E-state index contributed by atoms with van der Waals surface area (Å²) in [5, 5.41) is 7.74. The van der Waals surface area contributed by atoms with Gasteiger partial charge < -0.3 is 10.2 Å². The minimum Gasteiger partial charge on any atom is -0.342 e. The van der Waals surface area contributed by atoms with Crippen LogP contribution in [0.25, 0.3) is 0 Å². The molecular formula is C19H31ClN4O. The molecule has 6 heteroatoms. The Morgan fingerprint density at radius 3 is 2.68 bits per heavy atom. The molecule has 0 radical (unpaired) electrons. The van der Waals surface area contributed by atoms with E-state index in [9.17, 15) is 4.79 Å². The minimum absolute atomic E-state index is 0. The molecule has 1 aromatic heterocycles. The number of piperidine rings is 1. The maximum Gasteiger partial charge on any atom is 0.227 e. The lowest BCUT2D eigenvalue weighted by atomic mass is 9.69. The van der Waals surface area contributed by atoms with Gasteiger partial charge in [-0.1, -0.05) is 19.3 Å². The second kappa shape index (κ2) is 7.67. The van der Waals surface area contributed by atoms with Crippen LogP contribution in [0, 0.1) is 11.3 Å². The molecule has 4 rings (SSSR count). The fourth-order valence-corrected chi connectivity index (χ4v) is 5.26. The molecule has 3 aliphatic rings. The van der Waals surface area contributed by atoms with Gasteiger partial charge >= 0.3 is 0 Å². The number of nitrogens with zero attached hydrogens (tertiary/aromatic N) is 3. The molecule has 1 N–H and O–H groups in total. The number of aromatic nitrogens is 2. The van der Waals surface area contributed by atoms with E-state index in [0.717, 1.165) is 26.2 Å². The Morgan fingerprint density at radius 1 is 1.20 bits per heavy atom. The summed E-state index contributed by atoms with van der Waals surface area (Å²) < 4.78 is 1.84. The first-order valence-corrected chi connectivity index (χ1v) is 9.65. The summed E-state index contributed by atoms with van der Waals surface area (Å²) in [5.41, 5.74) is 1.63. The number of halogens is 1. The molecular weight excluding hydrogens is 336 g/mol. The first kappa shape index (κ1) is 18.7. The molecule has 0 unspecified atom stereocenters. The maximum atomic E-state index is 13.3. The summed E-state index contributed by atoms with van der Waals surface area (Å²) in [7, 11) is 1.94. The molecule has 2 saturated heterocycles. The van der Waals surface area contributed by atoms with E-state index in [0.29, 0.717) is 11.3 Å². The quantitative estimate of drug-likeness (QED) is 0.875. The van der Waals surface area contributed by atoms with E-state index < -0.39 is 0 Å². The molecule has 3 heterocycles. The topological polar surface area (TPSA) is 50.2 Å².